The first-order valence-corrected chi connectivity index (χ1v) is 5.05. The Morgan fingerprint density at radius 1 is 1.21 bits per heavy atom. The van der Waals surface area contributed by atoms with E-state index in [1.807, 2.05) is 0 Å². The Labute approximate surface area is 83.2 Å². The molecule has 2 aliphatic heterocycles. The number of nitrogens with zero attached hydrogens (tertiary/aromatic N) is 1. The van der Waals surface area contributed by atoms with Crippen LogP contribution in [0.3, 0.4) is 0 Å². The minimum absolute atomic E-state index is 0.909. The summed E-state index contributed by atoms with van der Waals surface area (Å²) in [6, 6.07) is 6.46. The van der Waals surface area contributed by atoms with Crippen LogP contribution in [0, 0.1) is 0 Å². The first-order valence-electron chi connectivity index (χ1n) is 5.05. The number of nitrogens with one attached hydrogen (secondary N) is 2. The van der Waals surface area contributed by atoms with E-state index in [4.69, 9.17) is 0 Å². The van der Waals surface area contributed by atoms with Gasteiger partial charge >= 0.3 is 0 Å². The fraction of sp³-hybridized carbons (Fsp3) is 0.364. The van der Waals surface area contributed by atoms with Crippen LogP contribution < -0.4 is 10.6 Å². The lowest BCUT2D eigenvalue weighted by Gasteiger charge is -2.07. The highest BCUT2D eigenvalue weighted by Crippen LogP contribution is 2.20. The van der Waals surface area contributed by atoms with Crippen LogP contribution >= 0.6 is 0 Å². The molecule has 3 rings (SSSR count). The Morgan fingerprint density at radius 2 is 2.21 bits per heavy atom. The van der Waals surface area contributed by atoms with Gasteiger partial charge in [0.15, 0.2) is 0 Å². The maximum absolute atomic E-state index is 4.46. The second-order valence-corrected chi connectivity index (χ2v) is 3.70. The lowest BCUT2D eigenvalue weighted by molar-refractivity contribution is 0.764. The van der Waals surface area contributed by atoms with Crippen molar-refractivity contribution in [3.63, 3.8) is 0 Å². The van der Waals surface area contributed by atoms with Crippen LogP contribution in [0.15, 0.2) is 23.2 Å². The fourth-order valence-corrected chi connectivity index (χ4v) is 2.13. The summed E-state index contributed by atoms with van der Waals surface area (Å²) >= 11 is 0. The molecule has 2 N–H and O–H groups in total. The third kappa shape index (κ3) is 1.13. The van der Waals surface area contributed by atoms with Crippen molar-refractivity contribution in [3.8, 4) is 0 Å². The number of fused-ring (bicyclic) bond motifs is 1. The van der Waals surface area contributed by atoms with Gasteiger partial charge in [0.2, 0.25) is 0 Å². The molecule has 1 aromatic rings. The molecule has 2 aliphatic rings. The predicted octanol–water partition coefficient (Wildman–Crippen LogP) is 0.640. The molecule has 3 nitrogen and oxygen atoms in total. The second kappa shape index (κ2) is 3.10. The minimum Gasteiger partial charge on any atom is -0.368 e. The van der Waals surface area contributed by atoms with Crippen molar-refractivity contribution in [1.82, 2.24) is 10.6 Å². The SMILES string of the molecule is c1cc2c(c(C3=NCCN3)c1)CNC2. The van der Waals surface area contributed by atoms with E-state index >= 15 is 0 Å². The molecule has 0 bridgehead atoms. The average molecular weight is 187 g/mol. The zero-order valence-corrected chi connectivity index (χ0v) is 8.01. The molecular weight excluding hydrogens is 174 g/mol. The zero-order chi connectivity index (χ0) is 9.38. The van der Waals surface area contributed by atoms with E-state index in [0.717, 1.165) is 32.0 Å². The molecule has 0 spiro atoms. The van der Waals surface area contributed by atoms with Gasteiger partial charge in [-0.15, -0.1) is 0 Å². The van der Waals surface area contributed by atoms with Crippen LogP contribution in [-0.2, 0) is 13.1 Å². The van der Waals surface area contributed by atoms with Crippen molar-refractivity contribution >= 4 is 5.84 Å². The van der Waals surface area contributed by atoms with Gasteiger partial charge in [0.25, 0.3) is 0 Å². The lowest BCUT2D eigenvalue weighted by atomic mass is 10.0. The van der Waals surface area contributed by atoms with Gasteiger partial charge in [0.1, 0.15) is 5.84 Å². The van der Waals surface area contributed by atoms with Gasteiger partial charge in [0.05, 0.1) is 6.54 Å². The van der Waals surface area contributed by atoms with Crippen molar-refractivity contribution in [2.45, 2.75) is 13.1 Å². The minimum atomic E-state index is 0.909. The van der Waals surface area contributed by atoms with E-state index in [1.54, 1.807) is 0 Å². The van der Waals surface area contributed by atoms with Crippen LogP contribution in [0.5, 0.6) is 0 Å². The molecule has 0 atom stereocenters. The van der Waals surface area contributed by atoms with Gasteiger partial charge in [-0.1, -0.05) is 18.2 Å². The molecule has 0 unspecified atom stereocenters. The maximum atomic E-state index is 4.46. The normalized spacial score (nSPS) is 19.0. The molecule has 0 saturated carbocycles. The van der Waals surface area contributed by atoms with Gasteiger partial charge in [-0.25, -0.2) is 0 Å². The quantitative estimate of drug-likeness (QED) is 0.677. The topological polar surface area (TPSA) is 36.4 Å². The molecule has 0 fully saturated rings. The molecule has 72 valence electrons. The molecule has 1 aromatic carbocycles. The summed E-state index contributed by atoms with van der Waals surface area (Å²) in [5, 5.41) is 6.69. The van der Waals surface area contributed by atoms with Crippen LogP contribution in [0.2, 0.25) is 0 Å². The molecule has 0 radical (unpaired) electrons. The summed E-state index contributed by atoms with van der Waals surface area (Å²) in [6.45, 7) is 3.86. The number of benzene rings is 1. The number of hydrogen-bond donors (Lipinski definition) is 2. The second-order valence-electron chi connectivity index (χ2n) is 3.70. The van der Waals surface area contributed by atoms with Gasteiger partial charge in [-0.2, -0.15) is 0 Å². The van der Waals surface area contributed by atoms with Gasteiger partial charge < -0.3 is 10.6 Å². The van der Waals surface area contributed by atoms with Crippen molar-refractivity contribution < 1.29 is 0 Å². The first kappa shape index (κ1) is 8.00. The highest BCUT2D eigenvalue weighted by molar-refractivity contribution is 6.01. The van der Waals surface area contributed by atoms with Crippen LogP contribution in [0.4, 0.5) is 0 Å². The van der Waals surface area contributed by atoms with E-state index < -0.39 is 0 Å². The smallest absolute Gasteiger partial charge is 0.128 e. The van der Waals surface area contributed by atoms with E-state index in [-0.39, 0.29) is 0 Å². The van der Waals surface area contributed by atoms with Crippen molar-refractivity contribution in [1.29, 1.82) is 0 Å². The lowest BCUT2D eigenvalue weighted by Crippen LogP contribution is -2.21. The van der Waals surface area contributed by atoms with Crippen LogP contribution in [0.25, 0.3) is 0 Å². The third-order valence-corrected chi connectivity index (χ3v) is 2.82. The summed E-state index contributed by atoms with van der Waals surface area (Å²) in [4.78, 5) is 4.46. The molecule has 3 heteroatoms. The molecule has 0 aromatic heterocycles. The molecule has 0 aliphatic carbocycles. The monoisotopic (exact) mass is 187 g/mol. The highest BCUT2D eigenvalue weighted by atomic mass is 15.1. The Kier molecular flexibility index (Phi) is 1.77. The molecule has 0 amide bonds. The summed E-state index contributed by atoms with van der Waals surface area (Å²) in [6.07, 6.45) is 0. The van der Waals surface area contributed by atoms with Crippen molar-refractivity contribution in [2.75, 3.05) is 13.1 Å². The van der Waals surface area contributed by atoms with Crippen LogP contribution in [0.1, 0.15) is 16.7 Å². The Bertz CT molecular complexity index is 396. The summed E-state index contributed by atoms with van der Waals surface area (Å²) < 4.78 is 0. The zero-order valence-electron chi connectivity index (χ0n) is 8.01. The number of rotatable bonds is 1. The third-order valence-electron chi connectivity index (χ3n) is 2.82. The van der Waals surface area contributed by atoms with Crippen molar-refractivity contribution in [3.05, 3.63) is 34.9 Å². The highest BCUT2D eigenvalue weighted by Gasteiger charge is 2.18. The van der Waals surface area contributed by atoms with E-state index in [0.29, 0.717) is 0 Å². The molecule has 14 heavy (non-hydrogen) atoms. The van der Waals surface area contributed by atoms with Crippen LogP contribution in [-0.4, -0.2) is 18.9 Å². The molecule has 0 saturated heterocycles. The standard InChI is InChI=1S/C11H13N3/c1-2-8-6-12-7-10(8)9(3-1)11-13-4-5-14-11/h1-3,12H,4-7H2,(H,13,14). The maximum Gasteiger partial charge on any atom is 0.128 e. The molecule has 2 heterocycles. The molecular formula is C11H13N3. The number of aliphatic imine (C=N–C) groups is 1. The summed E-state index contributed by atoms with van der Waals surface area (Å²) in [5.74, 6) is 1.07. The van der Waals surface area contributed by atoms with E-state index in [2.05, 4.69) is 33.8 Å². The predicted molar refractivity (Wildman–Crippen MR) is 56.4 cm³/mol. The van der Waals surface area contributed by atoms with Gasteiger partial charge in [-0.05, 0) is 11.1 Å². The van der Waals surface area contributed by atoms with Gasteiger partial charge in [-0.3, -0.25) is 4.99 Å². The Morgan fingerprint density at radius 3 is 3.07 bits per heavy atom. The van der Waals surface area contributed by atoms with E-state index in [9.17, 15) is 0 Å². The number of amidine groups is 1. The van der Waals surface area contributed by atoms with Gasteiger partial charge in [0, 0.05) is 25.2 Å². The first-order chi connectivity index (χ1) is 6.95. The van der Waals surface area contributed by atoms with E-state index in [1.165, 1.54) is 16.7 Å². The number of hydrogen-bond acceptors (Lipinski definition) is 3. The summed E-state index contributed by atoms with van der Waals surface area (Å²) in [5.41, 5.74) is 4.12. The van der Waals surface area contributed by atoms with Crippen molar-refractivity contribution in [2.24, 2.45) is 4.99 Å². The largest absolute Gasteiger partial charge is 0.368 e. The summed E-state index contributed by atoms with van der Waals surface area (Å²) in [7, 11) is 0. The Hall–Kier alpha value is -1.35. The fourth-order valence-electron chi connectivity index (χ4n) is 2.13. The average Bonchev–Trinajstić information content (AvgIpc) is 2.88. The Balaban J connectivity index is 2.09.